The summed E-state index contributed by atoms with van der Waals surface area (Å²) in [6, 6.07) is 20.5. The molecule has 2 aliphatic heterocycles. The lowest BCUT2D eigenvalue weighted by molar-refractivity contribution is 0.0832. The summed E-state index contributed by atoms with van der Waals surface area (Å²) in [6.07, 6.45) is 6.82. The zero-order valence-electron chi connectivity index (χ0n) is 15.6. The standard InChI is InChI=1S/C24H22N2O2/c27-24(28-16-17-6-2-1-3-7-17)26-19-10-11-20(26)15-18(14-19)21-12-13-25-23-9-5-4-8-22(21)23/h1-9,12-14,19-20H,10-11,15-16H2. The molecule has 3 heterocycles. The Labute approximate surface area is 164 Å². The summed E-state index contributed by atoms with van der Waals surface area (Å²) in [5, 5.41) is 1.18. The van der Waals surface area contributed by atoms with Crippen LogP contribution in [-0.4, -0.2) is 28.1 Å². The van der Waals surface area contributed by atoms with Gasteiger partial charge < -0.3 is 4.74 Å². The van der Waals surface area contributed by atoms with Gasteiger partial charge in [0.25, 0.3) is 0 Å². The third kappa shape index (κ3) is 3.05. The molecule has 4 nitrogen and oxygen atoms in total. The Balaban J connectivity index is 1.37. The summed E-state index contributed by atoms with van der Waals surface area (Å²) >= 11 is 0. The second-order valence-electron chi connectivity index (χ2n) is 7.52. The Bertz CT molecular complexity index is 1040. The van der Waals surface area contributed by atoms with Crippen molar-refractivity contribution < 1.29 is 9.53 Å². The Morgan fingerprint density at radius 2 is 1.86 bits per heavy atom. The average molecular weight is 370 g/mol. The lowest BCUT2D eigenvalue weighted by Gasteiger charge is -2.33. The SMILES string of the molecule is O=C(OCc1ccccc1)N1C2C=C(c3ccnc4ccccc34)CC1CC2. The van der Waals surface area contributed by atoms with Crippen LogP contribution in [0.2, 0.25) is 0 Å². The monoisotopic (exact) mass is 370 g/mol. The van der Waals surface area contributed by atoms with Crippen LogP contribution in [0, 0.1) is 0 Å². The van der Waals surface area contributed by atoms with Crippen molar-refractivity contribution in [3.05, 3.63) is 84.1 Å². The first-order valence-electron chi connectivity index (χ1n) is 9.83. The molecule has 1 aromatic heterocycles. The van der Waals surface area contributed by atoms with E-state index >= 15 is 0 Å². The second-order valence-corrected chi connectivity index (χ2v) is 7.52. The zero-order chi connectivity index (χ0) is 18.9. The number of hydrogen-bond acceptors (Lipinski definition) is 3. The smallest absolute Gasteiger partial charge is 0.410 e. The molecule has 0 radical (unpaired) electrons. The number of fused-ring (bicyclic) bond motifs is 3. The molecule has 2 unspecified atom stereocenters. The van der Waals surface area contributed by atoms with Crippen molar-refractivity contribution in [2.24, 2.45) is 0 Å². The molecule has 1 amide bonds. The van der Waals surface area contributed by atoms with Crippen LogP contribution in [0.5, 0.6) is 0 Å². The van der Waals surface area contributed by atoms with Gasteiger partial charge >= 0.3 is 6.09 Å². The lowest BCUT2D eigenvalue weighted by atomic mass is 9.93. The van der Waals surface area contributed by atoms with E-state index in [0.717, 1.165) is 30.3 Å². The zero-order valence-corrected chi connectivity index (χ0v) is 15.6. The van der Waals surface area contributed by atoms with Gasteiger partial charge in [0.1, 0.15) is 6.61 Å². The topological polar surface area (TPSA) is 42.4 Å². The quantitative estimate of drug-likeness (QED) is 0.637. The molecule has 1 fully saturated rings. The molecule has 2 atom stereocenters. The van der Waals surface area contributed by atoms with Gasteiger partial charge in [0.2, 0.25) is 0 Å². The van der Waals surface area contributed by atoms with Gasteiger partial charge in [-0.05, 0) is 48.1 Å². The average Bonchev–Trinajstić information content (AvgIpc) is 3.02. The van der Waals surface area contributed by atoms with E-state index < -0.39 is 0 Å². The molecular weight excluding hydrogens is 348 g/mol. The van der Waals surface area contributed by atoms with Crippen molar-refractivity contribution in [3.63, 3.8) is 0 Å². The first kappa shape index (κ1) is 17.0. The number of rotatable bonds is 3. The summed E-state index contributed by atoms with van der Waals surface area (Å²) in [5.74, 6) is 0. The first-order chi connectivity index (χ1) is 13.8. The number of pyridine rings is 1. The van der Waals surface area contributed by atoms with E-state index in [1.54, 1.807) is 0 Å². The number of nitrogens with zero attached hydrogens (tertiary/aromatic N) is 2. The van der Waals surface area contributed by atoms with Gasteiger partial charge in [-0.2, -0.15) is 0 Å². The van der Waals surface area contributed by atoms with Crippen LogP contribution in [0.4, 0.5) is 4.79 Å². The van der Waals surface area contributed by atoms with Crippen LogP contribution in [0.1, 0.15) is 30.4 Å². The van der Waals surface area contributed by atoms with Gasteiger partial charge in [-0.1, -0.05) is 54.6 Å². The summed E-state index contributed by atoms with van der Waals surface area (Å²) in [4.78, 5) is 19.2. The van der Waals surface area contributed by atoms with Gasteiger partial charge in [-0.3, -0.25) is 9.88 Å². The van der Waals surface area contributed by atoms with Crippen LogP contribution in [-0.2, 0) is 11.3 Å². The van der Waals surface area contributed by atoms with Crippen molar-refractivity contribution in [3.8, 4) is 0 Å². The first-order valence-corrected chi connectivity index (χ1v) is 9.83. The van der Waals surface area contributed by atoms with E-state index in [1.165, 1.54) is 16.5 Å². The van der Waals surface area contributed by atoms with Crippen LogP contribution >= 0.6 is 0 Å². The molecular formula is C24H22N2O2. The van der Waals surface area contributed by atoms with Crippen LogP contribution in [0.3, 0.4) is 0 Å². The molecule has 2 aliphatic rings. The van der Waals surface area contributed by atoms with Gasteiger partial charge in [0.15, 0.2) is 0 Å². The summed E-state index contributed by atoms with van der Waals surface area (Å²) in [7, 11) is 0. The molecule has 2 aromatic carbocycles. The number of aromatic nitrogens is 1. The van der Waals surface area contributed by atoms with Crippen molar-refractivity contribution in [1.82, 2.24) is 9.88 Å². The Morgan fingerprint density at radius 3 is 2.71 bits per heavy atom. The highest BCUT2D eigenvalue weighted by Gasteiger charge is 2.40. The summed E-state index contributed by atoms with van der Waals surface area (Å²) < 4.78 is 5.61. The van der Waals surface area contributed by atoms with Crippen molar-refractivity contribution in [2.75, 3.05) is 0 Å². The van der Waals surface area contributed by atoms with Gasteiger partial charge in [0.05, 0.1) is 11.6 Å². The summed E-state index contributed by atoms with van der Waals surface area (Å²) in [5.41, 5.74) is 4.58. The van der Waals surface area contributed by atoms with Crippen LogP contribution < -0.4 is 0 Å². The maximum Gasteiger partial charge on any atom is 0.410 e. The minimum Gasteiger partial charge on any atom is -0.445 e. The Morgan fingerprint density at radius 1 is 1.04 bits per heavy atom. The van der Waals surface area contributed by atoms with Gasteiger partial charge in [0, 0.05) is 17.6 Å². The molecule has 140 valence electrons. The summed E-state index contributed by atoms with van der Waals surface area (Å²) in [6.45, 7) is 0.321. The van der Waals surface area contributed by atoms with E-state index in [4.69, 9.17) is 4.74 Å². The molecule has 0 N–H and O–H groups in total. The molecule has 0 saturated carbocycles. The normalized spacial score (nSPS) is 20.9. The van der Waals surface area contributed by atoms with Crippen molar-refractivity contribution in [1.29, 1.82) is 0 Å². The van der Waals surface area contributed by atoms with E-state index in [1.807, 2.05) is 53.6 Å². The predicted octanol–water partition coefficient (Wildman–Crippen LogP) is 5.19. The number of carbonyl (C=O) groups excluding carboxylic acids is 1. The van der Waals surface area contributed by atoms with Crippen molar-refractivity contribution >= 4 is 22.6 Å². The minimum absolute atomic E-state index is 0.115. The maximum atomic E-state index is 12.8. The highest BCUT2D eigenvalue weighted by molar-refractivity contribution is 5.92. The minimum atomic E-state index is -0.203. The molecule has 5 rings (SSSR count). The molecule has 2 bridgehead atoms. The fourth-order valence-electron chi connectivity index (χ4n) is 4.48. The third-order valence-corrected chi connectivity index (χ3v) is 5.81. The van der Waals surface area contributed by atoms with E-state index in [9.17, 15) is 4.79 Å². The number of benzene rings is 2. The fourth-order valence-corrected chi connectivity index (χ4v) is 4.48. The third-order valence-electron chi connectivity index (χ3n) is 5.81. The predicted molar refractivity (Wildman–Crippen MR) is 110 cm³/mol. The number of hydrogen-bond donors (Lipinski definition) is 0. The molecule has 28 heavy (non-hydrogen) atoms. The number of carbonyl (C=O) groups is 1. The number of amides is 1. The van der Waals surface area contributed by atoms with Crippen LogP contribution in [0.25, 0.3) is 16.5 Å². The Kier molecular flexibility index (Phi) is 4.32. The van der Waals surface area contributed by atoms with Gasteiger partial charge in [-0.15, -0.1) is 0 Å². The maximum absolute atomic E-state index is 12.8. The fraction of sp³-hybridized carbons (Fsp3) is 0.250. The number of para-hydroxylation sites is 1. The molecule has 1 saturated heterocycles. The highest BCUT2D eigenvalue weighted by atomic mass is 16.6. The molecule has 3 aromatic rings. The van der Waals surface area contributed by atoms with E-state index in [0.29, 0.717) is 6.61 Å². The molecule has 0 spiro atoms. The molecule has 0 aliphatic carbocycles. The van der Waals surface area contributed by atoms with Crippen molar-refractivity contribution in [2.45, 2.75) is 38.0 Å². The van der Waals surface area contributed by atoms with E-state index in [2.05, 4.69) is 29.3 Å². The van der Waals surface area contributed by atoms with Crippen LogP contribution in [0.15, 0.2) is 72.9 Å². The highest BCUT2D eigenvalue weighted by Crippen LogP contribution is 2.40. The molecule has 4 heteroatoms. The van der Waals surface area contributed by atoms with Gasteiger partial charge in [-0.25, -0.2) is 4.79 Å². The lowest BCUT2D eigenvalue weighted by Crippen LogP contribution is -2.43. The number of ether oxygens (including phenoxy) is 1. The second kappa shape index (κ2) is 7.12. The Hall–Kier alpha value is -3.14. The van der Waals surface area contributed by atoms with E-state index in [-0.39, 0.29) is 18.2 Å². The largest absolute Gasteiger partial charge is 0.445 e.